The third-order valence-corrected chi connectivity index (χ3v) is 2.10. The standard InChI is InChI=1S/C8H16N2O2/c1-3-12-8(11)10-7-4-5-9-6(7)2/h6-7,9H,3-5H2,1-2H3,(H,10,11). The van der Waals surface area contributed by atoms with Gasteiger partial charge in [-0.2, -0.15) is 0 Å². The van der Waals surface area contributed by atoms with Gasteiger partial charge in [0.1, 0.15) is 0 Å². The van der Waals surface area contributed by atoms with Crippen LogP contribution in [0.3, 0.4) is 0 Å². The zero-order valence-corrected chi connectivity index (χ0v) is 7.59. The molecule has 0 saturated carbocycles. The van der Waals surface area contributed by atoms with E-state index >= 15 is 0 Å². The average Bonchev–Trinajstić information content (AvgIpc) is 2.37. The summed E-state index contributed by atoms with van der Waals surface area (Å²) in [7, 11) is 0. The molecule has 2 unspecified atom stereocenters. The summed E-state index contributed by atoms with van der Waals surface area (Å²) in [5, 5.41) is 6.05. The van der Waals surface area contributed by atoms with Gasteiger partial charge in [0.2, 0.25) is 0 Å². The Balaban J connectivity index is 2.25. The fourth-order valence-corrected chi connectivity index (χ4v) is 1.38. The van der Waals surface area contributed by atoms with Crippen molar-refractivity contribution in [1.29, 1.82) is 0 Å². The van der Waals surface area contributed by atoms with Gasteiger partial charge in [-0.05, 0) is 26.8 Å². The first kappa shape index (κ1) is 9.32. The molecule has 0 aromatic heterocycles. The van der Waals surface area contributed by atoms with Gasteiger partial charge >= 0.3 is 6.09 Å². The minimum Gasteiger partial charge on any atom is -0.450 e. The molecule has 1 amide bonds. The summed E-state index contributed by atoms with van der Waals surface area (Å²) in [5.41, 5.74) is 0. The van der Waals surface area contributed by atoms with E-state index < -0.39 is 0 Å². The largest absolute Gasteiger partial charge is 0.450 e. The SMILES string of the molecule is CCOC(=O)NC1CCNC1C. The lowest BCUT2D eigenvalue weighted by Gasteiger charge is -2.16. The first-order chi connectivity index (χ1) is 5.74. The van der Waals surface area contributed by atoms with Crippen LogP contribution >= 0.6 is 0 Å². The number of rotatable bonds is 2. The van der Waals surface area contributed by atoms with Crippen molar-refractivity contribution in [1.82, 2.24) is 10.6 Å². The van der Waals surface area contributed by atoms with Crippen LogP contribution in [0.4, 0.5) is 4.79 Å². The number of carbonyl (C=O) groups is 1. The molecule has 0 bridgehead atoms. The number of amides is 1. The quantitative estimate of drug-likeness (QED) is 0.637. The van der Waals surface area contributed by atoms with Crippen molar-refractivity contribution >= 4 is 6.09 Å². The van der Waals surface area contributed by atoms with Crippen LogP contribution in [0, 0.1) is 0 Å². The van der Waals surface area contributed by atoms with Crippen LogP contribution in [-0.2, 0) is 4.74 Å². The van der Waals surface area contributed by atoms with Crippen LogP contribution in [0.25, 0.3) is 0 Å². The molecule has 0 aromatic carbocycles. The highest BCUT2D eigenvalue weighted by Gasteiger charge is 2.24. The normalized spacial score (nSPS) is 28.5. The van der Waals surface area contributed by atoms with Crippen LogP contribution in [0.1, 0.15) is 20.3 Å². The third kappa shape index (κ3) is 2.37. The minimum absolute atomic E-state index is 0.226. The van der Waals surface area contributed by atoms with Gasteiger partial charge in [-0.1, -0.05) is 0 Å². The van der Waals surface area contributed by atoms with E-state index in [0.717, 1.165) is 13.0 Å². The molecule has 2 N–H and O–H groups in total. The maximum Gasteiger partial charge on any atom is 0.407 e. The van der Waals surface area contributed by atoms with Crippen molar-refractivity contribution in [2.24, 2.45) is 0 Å². The first-order valence-electron chi connectivity index (χ1n) is 4.40. The van der Waals surface area contributed by atoms with Gasteiger partial charge in [0.15, 0.2) is 0 Å². The lowest BCUT2D eigenvalue weighted by atomic mass is 10.1. The molecule has 0 aliphatic carbocycles. The molecule has 1 fully saturated rings. The van der Waals surface area contributed by atoms with Crippen LogP contribution in [0.2, 0.25) is 0 Å². The summed E-state index contributed by atoms with van der Waals surface area (Å²) < 4.78 is 4.77. The van der Waals surface area contributed by atoms with E-state index in [-0.39, 0.29) is 12.1 Å². The number of alkyl carbamates (subject to hydrolysis) is 1. The second-order valence-corrected chi connectivity index (χ2v) is 3.00. The maximum atomic E-state index is 11.0. The van der Waals surface area contributed by atoms with Gasteiger partial charge in [0, 0.05) is 12.1 Å². The molecule has 12 heavy (non-hydrogen) atoms. The molecule has 70 valence electrons. The molecule has 2 atom stereocenters. The maximum absolute atomic E-state index is 11.0. The number of carbonyl (C=O) groups excluding carboxylic acids is 1. The molecule has 0 spiro atoms. The molecule has 0 aromatic rings. The van der Waals surface area contributed by atoms with E-state index in [1.165, 1.54) is 0 Å². The van der Waals surface area contributed by atoms with Crippen LogP contribution in [0.5, 0.6) is 0 Å². The molecule has 1 rings (SSSR count). The Morgan fingerprint density at radius 2 is 2.50 bits per heavy atom. The van der Waals surface area contributed by atoms with Gasteiger partial charge in [0.25, 0.3) is 0 Å². The first-order valence-corrected chi connectivity index (χ1v) is 4.40. The van der Waals surface area contributed by atoms with Gasteiger partial charge in [-0.3, -0.25) is 0 Å². The Morgan fingerprint density at radius 3 is 3.00 bits per heavy atom. The van der Waals surface area contributed by atoms with E-state index in [9.17, 15) is 4.79 Å². The Kier molecular flexibility index (Phi) is 3.34. The molecular formula is C8H16N2O2. The van der Waals surface area contributed by atoms with Crippen molar-refractivity contribution in [2.45, 2.75) is 32.4 Å². The lowest BCUT2D eigenvalue weighted by Crippen LogP contribution is -2.42. The van der Waals surface area contributed by atoms with E-state index in [4.69, 9.17) is 4.74 Å². The Bertz CT molecular complexity index is 161. The fraction of sp³-hybridized carbons (Fsp3) is 0.875. The summed E-state index contributed by atoms with van der Waals surface area (Å²) in [4.78, 5) is 11.0. The van der Waals surface area contributed by atoms with Crippen molar-refractivity contribution in [3.05, 3.63) is 0 Å². The second kappa shape index (κ2) is 4.30. The van der Waals surface area contributed by atoms with E-state index in [2.05, 4.69) is 17.6 Å². The Hall–Kier alpha value is -0.770. The van der Waals surface area contributed by atoms with Crippen LogP contribution in [0.15, 0.2) is 0 Å². The number of hydrogen-bond acceptors (Lipinski definition) is 3. The van der Waals surface area contributed by atoms with Gasteiger partial charge in [-0.15, -0.1) is 0 Å². The zero-order valence-electron chi connectivity index (χ0n) is 7.59. The smallest absolute Gasteiger partial charge is 0.407 e. The van der Waals surface area contributed by atoms with E-state index in [1.807, 2.05) is 0 Å². The highest BCUT2D eigenvalue weighted by Crippen LogP contribution is 2.05. The molecule has 4 heteroatoms. The zero-order chi connectivity index (χ0) is 8.97. The summed E-state index contributed by atoms with van der Waals surface area (Å²) in [6.45, 7) is 5.26. The van der Waals surface area contributed by atoms with Crippen molar-refractivity contribution in [3.63, 3.8) is 0 Å². The molecule has 0 radical (unpaired) electrons. The predicted octanol–water partition coefficient (Wildman–Crippen LogP) is 0.483. The molecule has 1 heterocycles. The molecule has 1 aliphatic heterocycles. The average molecular weight is 172 g/mol. The molecular weight excluding hydrogens is 156 g/mol. The lowest BCUT2D eigenvalue weighted by molar-refractivity contribution is 0.147. The topological polar surface area (TPSA) is 50.4 Å². The Morgan fingerprint density at radius 1 is 1.75 bits per heavy atom. The van der Waals surface area contributed by atoms with Crippen molar-refractivity contribution in [3.8, 4) is 0 Å². The monoisotopic (exact) mass is 172 g/mol. The van der Waals surface area contributed by atoms with E-state index in [1.54, 1.807) is 6.92 Å². The van der Waals surface area contributed by atoms with Gasteiger partial charge in [0.05, 0.1) is 6.61 Å². The predicted molar refractivity (Wildman–Crippen MR) is 46.0 cm³/mol. The molecule has 1 aliphatic rings. The van der Waals surface area contributed by atoms with Gasteiger partial charge in [-0.25, -0.2) is 4.79 Å². The molecule has 4 nitrogen and oxygen atoms in total. The van der Waals surface area contributed by atoms with E-state index in [0.29, 0.717) is 12.6 Å². The second-order valence-electron chi connectivity index (χ2n) is 3.00. The number of hydrogen-bond donors (Lipinski definition) is 2. The van der Waals surface area contributed by atoms with Gasteiger partial charge < -0.3 is 15.4 Å². The Labute approximate surface area is 72.7 Å². The minimum atomic E-state index is -0.307. The van der Waals surface area contributed by atoms with Crippen LogP contribution < -0.4 is 10.6 Å². The highest BCUT2D eigenvalue weighted by molar-refractivity contribution is 5.67. The number of nitrogens with one attached hydrogen (secondary N) is 2. The van der Waals surface area contributed by atoms with Crippen LogP contribution in [-0.4, -0.2) is 31.3 Å². The summed E-state index contributed by atoms with van der Waals surface area (Å²) >= 11 is 0. The summed E-state index contributed by atoms with van der Waals surface area (Å²) in [6.07, 6.45) is 0.679. The summed E-state index contributed by atoms with van der Waals surface area (Å²) in [6, 6.07) is 0.582. The molecule has 1 saturated heterocycles. The number of ether oxygens (including phenoxy) is 1. The van der Waals surface area contributed by atoms with Crippen molar-refractivity contribution < 1.29 is 9.53 Å². The highest BCUT2D eigenvalue weighted by atomic mass is 16.5. The third-order valence-electron chi connectivity index (χ3n) is 2.10. The fourth-order valence-electron chi connectivity index (χ4n) is 1.38. The summed E-state index contributed by atoms with van der Waals surface area (Å²) in [5.74, 6) is 0. The van der Waals surface area contributed by atoms with Crippen molar-refractivity contribution in [2.75, 3.05) is 13.2 Å².